The molecule has 1 aromatic carbocycles. The summed E-state index contributed by atoms with van der Waals surface area (Å²) in [7, 11) is 7.02. The van der Waals surface area contributed by atoms with Crippen molar-refractivity contribution in [1.82, 2.24) is 5.32 Å². The Kier molecular flexibility index (Phi) is 5.66. The number of benzene rings is 1. The summed E-state index contributed by atoms with van der Waals surface area (Å²) in [5, 5.41) is 65.4. The molecule has 1 atom stereocenters. The highest BCUT2D eigenvalue weighted by Gasteiger charge is 2.58. The molecule has 0 aromatic heterocycles. The van der Waals surface area contributed by atoms with Crippen LogP contribution in [0.2, 0.25) is 0 Å². The third-order valence-corrected chi connectivity index (χ3v) is 5.57. The van der Waals surface area contributed by atoms with Gasteiger partial charge in [-0.3, -0.25) is 0 Å². The number of hydrogen-bond donors (Lipinski definition) is 1. The summed E-state index contributed by atoms with van der Waals surface area (Å²) in [5.74, 6) is 0.152. The van der Waals surface area contributed by atoms with E-state index in [1.807, 2.05) is 18.2 Å². The zero-order valence-corrected chi connectivity index (χ0v) is 18.8. The molecular formula is C22H17N8O4+. The maximum Gasteiger partial charge on any atom is 0.346 e. The van der Waals surface area contributed by atoms with Crippen LogP contribution in [0.15, 0.2) is 34.6 Å². The number of rotatable bonds is 4. The third-order valence-electron chi connectivity index (χ3n) is 5.57. The molecule has 168 valence electrons. The summed E-state index contributed by atoms with van der Waals surface area (Å²) in [6.07, 6.45) is 1.53. The predicted octanol–water partition coefficient (Wildman–Crippen LogP) is 1.74. The average molecular weight is 457 g/mol. The van der Waals surface area contributed by atoms with E-state index in [0.29, 0.717) is 0 Å². The van der Waals surface area contributed by atoms with Gasteiger partial charge in [0.15, 0.2) is 34.9 Å². The molecule has 2 aliphatic heterocycles. The van der Waals surface area contributed by atoms with Crippen molar-refractivity contribution in [2.75, 3.05) is 35.4 Å². The number of methoxy groups -OCH3 is 3. The van der Waals surface area contributed by atoms with Crippen LogP contribution >= 0.6 is 0 Å². The molecule has 1 N–H and O–H groups in total. The molecule has 2 aliphatic rings. The lowest BCUT2D eigenvalue weighted by Gasteiger charge is -2.39. The van der Waals surface area contributed by atoms with Crippen LogP contribution in [0, 0.1) is 62.0 Å². The third kappa shape index (κ3) is 2.84. The fourth-order valence-electron chi connectivity index (χ4n) is 4.14. The van der Waals surface area contributed by atoms with E-state index in [-0.39, 0.29) is 56.9 Å². The van der Waals surface area contributed by atoms with Crippen LogP contribution in [0.25, 0.3) is 5.70 Å². The molecule has 34 heavy (non-hydrogen) atoms. The van der Waals surface area contributed by atoms with Crippen molar-refractivity contribution in [2.45, 2.75) is 0 Å². The van der Waals surface area contributed by atoms with Crippen molar-refractivity contribution < 1.29 is 23.3 Å². The summed E-state index contributed by atoms with van der Waals surface area (Å²) < 4.78 is 13.7. The summed E-state index contributed by atoms with van der Waals surface area (Å²) in [6.45, 7) is 0. The summed E-state index contributed by atoms with van der Waals surface area (Å²) in [4.78, 5) is 0. The van der Waals surface area contributed by atoms with Crippen LogP contribution in [-0.2, 0) is 0 Å². The summed E-state index contributed by atoms with van der Waals surface area (Å²) in [6, 6.07) is 8.97. The quantitative estimate of drug-likeness (QED) is 0.397. The van der Waals surface area contributed by atoms with Crippen LogP contribution in [-0.4, -0.2) is 44.6 Å². The van der Waals surface area contributed by atoms with Gasteiger partial charge in [0.1, 0.15) is 23.4 Å². The molecule has 1 unspecified atom stereocenters. The van der Waals surface area contributed by atoms with Crippen molar-refractivity contribution in [3.8, 4) is 47.7 Å². The Morgan fingerprint density at radius 2 is 1.44 bits per heavy atom. The standard InChI is InChI=1S/C22H17N8O4/c1-29(2)16(10-26)18(12-6-17(32-3)21(34-5)20(33-4)13(12)7-23)28-19-14(8-24)15(9-25)30(31,11-27)22(19)29/h6,28H,1-5H3/q+1. The SMILES string of the molecule is COc1cc(C2=C(C#N)[N+](C)(C)C3=C(N2)C(C#N)=C(C#N)[N+]3([O-])C#N)c(C#N)c(OC)c1OC. The highest BCUT2D eigenvalue weighted by atomic mass is 16.6. The Morgan fingerprint density at radius 1 is 0.824 bits per heavy atom. The molecule has 0 radical (unpaired) electrons. The molecule has 12 nitrogen and oxygen atoms in total. The molecule has 0 aliphatic carbocycles. The Hall–Kier alpha value is -5.03. The van der Waals surface area contributed by atoms with E-state index >= 15 is 0 Å². The van der Waals surface area contributed by atoms with Gasteiger partial charge in [0.05, 0.1) is 35.4 Å². The Morgan fingerprint density at radius 3 is 1.88 bits per heavy atom. The number of hydroxylamine groups is 3. The normalized spacial score (nSPS) is 20.1. The molecule has 0 saturated heterocycles. The van der Waals surface area contributed by atoms with Gasteiger partial charge in [-0.1, -0.05) is 0 Å². The predicted molar refractivity (Wildman–Crippen MR) is 113 cm³/mol. The minimum absolute atomic E-state index is 0.0106. The molecule has 3 rings (SSSR count). The monoisotopic (exact) mass is 457 g/mol. The highest BCUT2D eigenvalue weighted by molar-refractivity contribution is 5.81. The molecule has 0 spiro atoms. The second-order valence-electron chi connectivity index (χ2n) is 7.45. The number of nitrogens with zero attached hydrogens (tertiary/aromatic N) is 7. The maximum atomic E-state index is 13.5. The number of quaternary nitrogens is 2. The molecule has 12 heteroatoms. The van der Waals surface area contributed by atoms with Crippen molar-refractivity contribution in [3.05, 3.63) is 50.9 Å². The van der Waals surface area contributed by atoms with Gasteiger partial charge >= 0.3 is 12.0 Å². The lowest BCUT2D eigenvalue weighted by atomic mass is 9.98. The molecule has 0 amide bonds. The van der Waals surface area contributed by atoms with Gasteiger partial charge < -0.3 is 24.7 Å². The molecular weight excluding hydrogens is 440 g/mol. The molecule has 0 fully saturated rings. The topological polar surface area (TPSA) is 182 Å². The fourth-order valence-corrected chi connectivity index (χ4v) is 4.14. The number of ether oxygens (including phenoxy) is 3. The zero-order valence-electron chi connectivity index (χ0n) is 18.8. The van der Waals surface area contributed by atoms with E-state index in [4.69, 9.17) is 14.2 Å². The Balaban J connectivity index is 2.46. The van der Waals surface area contributed by atoms with Gasteiger partial charge in [-0.15, -0.1) is 9.91 Å². The lowest BCUT2D eigenvalue weighted by Crippen LogP contribution is -2.52. The van der Waals surface area contributed by atoms with Gasteiger partial charge in [-0.2, -0.15) is 21.0 Å². The smallest absolute Gasteiger partial charge is 0.346 e. The highest BCUT2D eigenvalue weighted by Crippen LogP contribution is 2.49. The Bertz CT molecular complexity index is 1430. The van der Waals surface area contributed by atoms with E-state index in [1.165, 1.54) is 47.7 Å². The van der Waals surface area contributed by atoms with Crippen LogP contribution in [0.1, 0.15) is 11.1 Å². The second-order valence-corrected chi connectivity index (χ2v) is 7.45. The molecule has 0 saturated carbocycles. The van der Waals surface area contributed by atoms with Crippen molar-refractivity contribution in [2.24, 2.45) is 0 Å². The zero-order chi connectivity index (χ0) is 25.4. The number of hydrogen-bond acceptors (Lipinski definition) is 10. The first-order valence-corrected chi connectivity index (χ1v) is 9.48. The largest absolute Gasteiger partial charge is 0.602 e. The average Bonchev–Trinajstić information content (AvgIpc) is 3.09. The maximum absolute atomic E-state index is 13.5. The molecule has 2 heterocycles. The van der Waals surface area contributed by atoms with E-state index < -0.39 is 14.8 Å². The number of nitrogens with one attached hydrogen (secondary N) is 1. The van der Waals surface area contributed by atoms with Crippen LogP contribution in [0.3, 0.4) is 0 Å². The van der Waals surface area contributed by atoms with E-state index in [2.05, 4.69) is 5.32 Å². The minimum Gasteiger partial charge on any atom is -0.602 e. The number of allylic oxidation sites excluding steroid dienone is 3. The van der Waals surface area contributed by atoms with Gasteiger partial charge in [0.25, 0.3) is 5.70 Å². The minimum atomic E-state index is -1.87. The van der Waals surface area contributed by atoms with Gasteiger partial charge in [-0.05, 0) is 6.07 Å². The van der Waals surface area contributed by atoms with Crippen molar-refractivity contribution >= 4 is 5.70 Å². The summed E-state index contributed by atoms with van der Waals surface area (Å²) in [5.41, 5.74) is -0.891. The van der Waals surface area contributed by atoms with Gasteiger partial charge in [-0.25, -0.2) is 4.48 Å². The lowest BCUT2D eigenvalue weighted by molar-refractivity contribution is -0.940. The van der Waals surface area contributed by atoms with Crippen LogP contribution in [0.4, 0.5) is 0 Å². The van der Waals surface area contributed by atoms with Crippen LogP contribution in [0.5, 0.6) is 17.2 Å². The van der Waals surface area contributed by atoms with Crippen molar-refractivity contribution in [1.29, 1.82) is 26.3 Å². The Labute approximate surface area is 195 Å². The van der Waals surface area contributed by atoms with Gasteiger partial charge in [0, 0.05) is 5.56 Å². The first-order chi connectivity index (χ1) is 16.2. The van der Waals surface area contributed by atoms with E-state index in [0.717, 1.165) is 0 Å². The fraction of sp³-hybridized carbons (Fsp3) is 0.227. The van der Waals surface area contributed by atoms with Gasteiger partial charge in [0.2, 0.25) is 11.4 Å². The molecule has 1 aromatic rings. The number of nitriles is 5. The van der Waals surface area contributed by atoms with E-state index in [1.54, 1.807) is 6.07 Å². The van der Waals surface area contributed by atoms with Crippen LogP contribution < -0.4 is 19.5 Å². The first-order valence-electron chi connectivity index (χ1n) is 9.48. The summed E-state index contributed by atoms with van der Waals surface area (Å²) >= 11 is 0. The molecule has 0 bridgehead atoms. The first kappa shape index (κ1) is 23.6. The van der Waals surface area contributed by atoms with E-state index in [9.17, 15) is 31.5 Å². The van der Waals surface area contributed by atoms with Crippen molar-refractivity contribution in [3.63, 3.8) is 0 Å². The second kappa shape index (κ2) is 8.15.